The Hall–Kier alpha value is -1.30. The highest BCUT2D eigenvalue weighted by atomic mass is 35.5. The van der Waals surface area contributed by atoms with Crippen molar-refractivity contribution in [2.45, 2.75) is 18.9 Å². The van der Waals surface area contributed by atoms with Crippen LogP contribution in [0.2, 0.25) is 0 Å². The summed E-state index contributed by atoms with van der Waals surface area (Å²) in [6.07, 6.45) is -1.09. The molecule has 0 saturated carbocycles. The molecule has 0 aromatic rings. The van der Waals surface area contributed by atoms with E-state index in [1.807, 2.05) is 5.32 Å². The molecule has 92 valence electrons. The van der Waals surface area contributed by atoms with E-state index in [2.05, 4.69) is 0 Å². The molecule has 6 nitrogen and oxygen atoms in total. The second kappa shape index (κ2) is 7.05. The lowest BCUT2D eigenvalue weighted by Gasteiger charge is -2.15. The van der Waals surface area contributed by atoms with Crippen LogP contribution in [0.25, 0.3) is 0 Å². The molecule has 0 spiro atoms. The van der Waals surface area contributed by atoms with Gasteiger partial charge in [0.2, 0.25) is 5.91 Å². The molecule has 0 heterocycles. The van der Waals surface area contributed by atoms with Crippen molar-refractivity contribution in [1.29, 1.82) is 0 Å². The van der Waals surface area contributed by atoms with E-state index in [1.54, 1.807) is 14.1 Å². The number of carbonyl (C=O) groups excluding carboxylic acids is 2. The van der Waals surface area contributed by atoms with Crippen molar-refractivity contribution in [2.24, 2.45) is 0 Å². The Balaban J connectivity index is 4.27. The molecule has 16 heavy (non-hydrogen) atoms. The molecule has 0 unspecified atom stereocenters. The molecule has 0 radical (unpaired) electrons. The fraction of sp³-hybridized carbons (Fsp3) is 0.667. The minimum atomic E-state index is -1.30. The summed E-state index contributed by atoms with van der Waals surface area (Å²) in [5.41, 5.74) is 0. The van der Waals surface area contributed by atoms with Gasteiger partial charge in [-0.15, -0.1) is 11.6 Å². The van der Waals surface area contributed by atoms with Gasteiger partial charge in [0, 0.05) is 20.5 Å². The molecule has 0 aromatic heterocycles. The lowest BCUT2D eigenvalue weighted by Crippen LogP contribution is -2.41. The summed E-state index contributed by atoms with van der Waals surface area (Å²) in [6.45, 7) is 0. The monoisotopic (exact) mass is 250 g/mol. The Morgan fingerprint density at radius 3 is 2.31 bits per heavy atom. The lowest BCUT2D eigenvalue weighted by molar-refractivity contribution is -0.129. The van der Waals surface area contributed by atoms with Gasteiger partial charge in [-0.05, 0) is 6.42 Å². The molecule has 0 aliphatic heterocycles. The van der Waals surface area contributed by atoms with Gasteiger partial charge in [0.15, 0.2) is 5.78 Å². The summed E-state index contributed by atoms with van der Waals surface area (Å²) >= 11 is 5.33. The number of Topliss-reactive ketones (excluding diaryl/α,β-unsaturated/α-hetero) is 1. The quantitative estimate of drug-likeness (QED) is 0.664. The maximum absolute atomic E-state index is 11.3. The first kappa shape index (κ1) is 14.7. The lowest BCUT2D eigenvalue weighted by atomic mass is 10.1. The Kier molecular flexibility index (Phi) is 6.48. The zero-order valence-electron chi connectivity index (χ0n) is 9.20. The molecule has 1 atom stereocenters. The van der Waals surface area contributed by atoms with Crippen LogP contribution in [0.5, 0.6) is 0 Å². The molecule has 0 aromatic carbocycles. The van der Waals surface area contributed by atoms with Crippen molar-refractivity contribution in [3.8, 4) is 0 Å². The average molecular weight is 251 g/mol. The first-order valence-corrected chi connectivity index (χ1v) is 5.20. The summed E-state index contributed by atoms with van der Waals surface area (Å²) in [5, 5.41) is 10.5. The second-order valence-electron chi connectivity index (χ2n) is 3.43. The topological polar surface area (TPSA) is 86.7 Å². The number of ketones is 1. The molecule has 7 heteroatoms. The van der Waals surface area contributed by atoms with E-state index in [9.17, 15) is 14.4 Å². The molecule has 0 fully saturated rings. The van der Waals surface area contributed by atoms with Crippen LogP contribution >= 0.6 is 11.6 Å². The number of halogens is 1. The van der Waals surface area contributed by atoms with Gasteiger partial charge >= 0.3 is 6.09 Å². The predicted molar refractivity (Wildman–Crippen MR) is 58.6 cm³/mol. The third kappa shape index (κ3) is 5.55. The maximum atomic E-state index is 11.3. The van der Waals surface area contributed by atoms with E-state index in [0.29, 0.717) is 0 Å². The van der Waals surface area contributed by atoms with Crippen LogP contribution in [0.3, 0.4) is 0 Å². The molecule has 0 aliphatic carbocycles. The number of hydrogen-bond donors (Lipinski definition) is 2. The van der Waals surface area contributed by atoms with Gasteiger partial charge in [0.1, 0.15) is 0 Å². The van der Waals surface area contributed by atoms with Crippen molar-refractivity contribution < 1.29 is 19.5 Å². The van der Waals surface area contributed by atoms with E-state index in [4.69, 9.17) is 16.7 Å². The van der Waals surface area contributed by atoms with Gasteiger partial charge in [-0.3, -0.25) is 9.59 Å². The maximum Gasteiger partial charge on any atom is 0.405 e. The summed E-state index contributed by atoms with van der Waals surface area (Å²) in [4.78, 5) is 34.3. The van der Waals surface area contributed by atoms with Gasteiger partial charge in [0.25, 0.3) is 0 Å². The van der Waals surface area contributed by atoms with Crippen LogP contribution in [-0.4, -0.2) is 53.8 Å². The third-order valence-corrected chi connectivity index (χ3v) is 2.23. The van der Waals surface area contributed by atoms with Crippen LogP contribution < -0.4 is 5.32 Å². The standard InChI is InChI=1S/C9H15ClN2O4/c1-12(2)8(14)4-3-6(7(13)5-10)11-9(15)16/h6,11H,3-5H2,1-2H3,(H,15,16)/t6-/m0/s1. The molecular weight excluding hydrogens is 236 g/mol. The van der Waals surface area contributed by atoms with E-state index in [0.717, 1.165) is 0 Å². The number of carboxylic acid groups (broad SMARTS) is 1. The minimum absolute atomic E-state index is 0.0978. The van der Waals surface area contributed by atoms with Gasteiger partial charge in [-0.2, -0.15) is 0 Å². The average Bonchev–Trinajstić information content (AvgIpc) is 2.21. The first-order chi connectivity index (χ1) is 7.38. The van der Waals surface area contributed by atoms with Crippen molar-refractivity contribution >= 4 is 29.4 Å². The van der Waals surface area contributed by atoms with Gasteiger partial charge < -0.3 is 15.3 Å². The van der Waals surface area contributed by atoms with E-state index >= 15 is 0 Å². The highest BCUT2D eigenvalue weighted by molar-refractivity contribution is 6.28. The van der Waals surface area contributed by atoms with E-state index < -0.39 is 17.9 Å². The molecule has 0 saturated heterocycles. The predicted octanol–water partition coefficient (Wildman–Crippen LogP) is 0.299. The van der Waals surface area contributed by atoms with Crippen molar-refractivity contribution in [3.05, 3.63) is 0 Å². The number of alkyl halides is 1. The van der Waals surface area contributed by atoms with E-state index in [1.165, 1.54) is 4.90 Å². The van der Waals surface area contributed by atoms with Gasteiger partial charge in [-0.25, -0.2) is 4.79 Å². The van der Waals surface area contributed by atoms with Gasteiger partial charge in [0.05, 0.1) is 11.9 Å². The summed E-state index contributed by atoms with van der Waals surface area (Å²) in [7, 11) is 3.18. The molecular formula is C9H15ClN2O4. The smallest absolute Gasteiger partial charge is 0.405 e. The molecule has 0 aliphatic rings. The number of amides is 2. The third-order valence-electron chi connectivity index (χ3n) is 1.96. The largest absolute Gasteiger partial charge is 0.465 e. The van der Waals surface area contributed by atoms with Crippen molar-refractivity contribution in [2.75, 3.05) is 20.0 Å². The summed E-state index contributed by atoms with van der Waals surface area (Å²) in [6, 6.07) is -0.918. The molecule has 0 rings (SSSR count). The van der Waals surface area contributed by atoms with Crippen LogP contribution in [0, 0.1) is 0 Å². The SMILES string of the molecule is CN(C)C(=O)CC[C@H](NC(=O)O)C(=O)CCl. The number of hydrogen-bond acceptors (Lipinski definition) is 3. The van der Waals surface area contributed by atoms with Crippen LogP contribution in [0.15, 0.2) is 0 Å². The zero-order chi connectivity index (χ0) is 12.7. The number of nitrogens with one attached hydrogen (secondary N) is 1. The highest BCUT2D eigenvalue weighted by Crippen LogP contribution is 2.02. The number of nitrogens with zero attached hydrogens (tertiary/aromatic N) is 1. The Morgan fingerprint density at radius 1 is 1.38 bits per heavy atom. The Labute approximate surface area is 98.6 Å². The fourth-order valence-corrected chi connectivity index (χ4v) is 1.23. The zero-order valence-corrected chi connectivity index (χ0v) is 9.95. The normalized spacial score (nSPS) is 11.7. The second-order valence-corrected chi connectivity index (χ2v) is 3.70. The van der Waals surface area contributed by atoms with Gasteiger partial charge in [-0.1, -0.05) is 0 Å². The van der Waals surface area contributed by atoms with Crippen molar-refractivity contribution in [1.82, 2.24) is 10.2 Å². The summed E-state index contributed by atoms with van der Waals surface area (Å²) < 4.78 is 0. The number of rotatable bonds is 6. The van der Waals surface area contributed by atoms with Crippen LogP contribution in [0.1, 0.15) is 12.8 Å². The Bertz CT molecular complexity index is 281. The highest BCUT2D eigenvalue weighted by Gasteiger charge is 2.20. The van der Waals surface area contributed by atoms with Crippen LogP contribution in [0.4, 0.5) is 4.79 Å². The number of carbonyl (C=O) groups is 3. The molecule has 0 bridgehead atoms. The van der Waals surface area contributed by atoms with Crippen LogP contribution in [-0.2, 0) is 9.59 Å². The minimum Gasteiger partial charge on any atom is -0.465 e. The molecule has 2 N–H and O–H groups in total. The Morgan fingerprint density at radius 2 is 1.94 bits per heavy atom. The van der Waals surface area contributed by atoms with Crippen molar-refractivity contribution in [3.63, 3.8) is 0 Å². The molecule has 2 amide bonds. The summed E-state index contributed by atoms with van der Waals surface area (Å²) in [5.74, 6) is -0.878. The van der Waals surface area contributed by atoms with E-state index in [-0.39, 0.29) is 24.6 Å². The fourth-order valence-electron chi connectivity index (χ4n) is 1.05. The first-order valence-electron chi connectivity index (χ1n) is 4.66.